The molecule has 8 heavy (non-hydrogen) atoms. The Bertz CT molecular complexity index is 122. The maximum atomic E-state index is 3.22. The van der Waals surface area contributed by atoms with E-state index < -0.39 is 0 Å². The molecule has 0 amide bonds. The molecule has 0 saturated carbocycles. The van der Waals surface area contributed by atoms with Gasteiger partial charge in [0, 0.05) is 21.1 Å². The molecule has 0 heterocycles. The van der Waals surface area contributed by atoms with Gasteiger partial charge in [0.15, 0.2) is 0 Å². The first-order chi connectivity index (χ1) is 3.29. The van der Waals surface area contributed by atoms with Crippen molar-refractivity contribution in [2.75, 3.05) is 0 Å². The van der Waals surface area contributed by atoms with E-state index in [0.717, 1.165) is 0 Å². The van der Waals surface area contributed by atoms with Crippen molar-refractivity contribution in [2.45, 2.75) is 13.8 Å². The average Bonchev–Trinajstić information content (AvgIpc) is 1.87. The van der Waals surface area contributed by atoms with Gasteiger partial charge < -0.3 is 0 Å². The van der Waals surface area contributed by atoms with Crippen molar-refractivity contribution in [1.29, 1.82) is 0 Å². The van der Waals surface area contributed by atoms with Crippen LogP contribution in [-0.2, 0) is 21.1 Å². The molecule has 0 aromatic rings. The van der Waals surface area contributed by atoms with E-state index in [4.69, 9.17) is 0 Å². The van der Waals surface area contributed by atoms with Crippen LogP contribution in [0.3, 0.4) is 0 Å². The molecular weight excluding hydrogens is 279 g/mol. The minimum Gasteiger partial charge on any atom is -0.267 e. The van der Waals surface area contributed by atoms with Gasteiger partial charge in [0.25, 0.3) is 0 Å². The molecule has 0 aromatic heterocycles. The molecular formula is C7H9Pt-. The van der Waals surface area contributed by atoms with Gasteiger partial charge in [-0.05, 0) is 0 Å². The van der Waals surface area contributed by atoms with Crippen LogP contribution in [-0.4, -0.2) is 0 Å². The summed E-state index contributed by atoms with van der Waals surface area (Å²) in [5.41, 5.74) is 1.27. The summed E-state index contributed by atoms with van der Waals surface area (Å²) in [4.78, 5) is 0. The third-order valence-electron chi connectivity index (χ3n) is 1.09. The van der Waals surface area contributed by atoms with Gasteiger partial charge in [-0.1, -0.05) is 19.8 Å². The monoisotopic (exact) mass is 288 g/mol. The van der Waals surface area contributed by atoms with Crippen LogP contribution in [0.2, 0.25) is 0 Å². The van der Waals surface area contributed by atoms with Crippen LogP contribution in [0.1, 0.15) is 13.8 Å². The van der Waals surface area contributed by atoms with Crippen LogP contribution in [0.5, 0.6) is 0 Å². The average molecular weight is 288 g/mol. The van der Waals surface area contributed by atoms with Crippen molar-refractivity contribution < 1.29 is 21.1 Å². The summed E-state index contributed by atoms with van der Waals surface area (Å²) in [5.74, 6) is 0.556. The second-order valence-corrected chi connectivity index (χ2v) is 1.98. The second-order valence-electron chi connectivity index (χ2n) is 1.98. The van der Waals surface area contributed by atoms with E-state index in [9.17, 15) is 0 Å². The van der Waals surface area contributed by atoms with E-state index in [2.05, 4.69) is 32.1 Å². The number of hydrogen-bond donors (Lipinski definition) is 0. The molecule has 1 rings (SSSR count). The normalized spacial score (nSPS) is 24.8. The molecule has 1 aliphatic rings. The molecule has 1 aliphatic carbocycles. The van der Waals surface area contributed by atoms with Crippen molar-refractivity contribution in [2.24, 2.45) is 5.92 Å². The van der Waals surface area contributed by atoms with Crippen LogP contribution in [0, 0.1) is 12.0 Å². The number of rotatable bonds is 0. The molecule has 0 spiro atoms. The zero-order chi connectivity index (χ0) is 5.28. The third kappa shape index (κ3) is 1.96. The van der Waals surface area contributed by atoms with Crippen molar-refractivity contribution >= 4 is 0 Å². The fourth-order valence-corrected chi connectivity index (χ4v) is 0.744. The van der Waals surface area contributed by atoms with E-state index in [-0.39, 0.29) is 21.1 Å². The van der Waals surface area contributed by atoms with Gasteiger partial charge in [-0.25, -0.2) is 11.6 Å². The molecule has 0 nitrogen and oxygen atoms in total. The summed E-state index contributed by atoms with van der Waals surface area (Å²) in [7, 11) is 0. The van der Waals surface area contributed by atoms with E-state index in [0.29, 0.717) is 5.92 Å². The molecule has 0 aliphatic heterocycles. The zero-order valence-electron chi connectivity index (χ0n) is 5.05. The van der Waals surface area contributed by atoms with Crippen LogP contribution >= 0.6 is 0 Å². The predicted molar refractivity (Wildman–Crippen MR) is 30.7 cm³/mol. The van der Waals surface area contributed by atoms with Gasteiger partial charge in [-0.3, -0.25) is 6.08 Å². The Morgan fingerprint density at radius 1 is 1.62 bits per heavy atom. The fourth-order valence-electron chi connectivity index (χ4n) is 0.744. The molecule has 0 radical (unpaired) electrons. The van der Waals surface area contributed by atoms with Crippen molar-refractivity contribution in [3.05, 3.63) is 23.8 Å². The largest absolute Gasteiger partial charge is 0.267 e. The Morgan fingerprint density at radius 3 is 2.38 bits per heavy atom. The van der Waals surface area contributed by atoms with Gasteiger partial charge in [0.1, 0.15) is 0 Å². The van der Waals surface area contributed by atoms with Crippen LogP contribution in [0.25, 0.3) is 0 Å². The summed E-state index contributed by atoms with van der Waals surface area (Å²) >= 11 is 0. The van der Waals surface area contributed by atoms with Gasteiger partial charge >= 0.3 is 0 Å². The molecule has 1 heteroatoms. The summed E-state index contributed by atoms with van der Waals surface area (Å²) in [6, 6.07) is 0. The summed E-state index contributed by atoms with van der Waals surface area (Å²) in [5, 5.41) is 0. The Hall–Kier alpha value is 0.168. The van der Waals surface area contributed by atoms with Crippen LogP contribution in [0.4, 0.5) is 0 Å². The number of hydrogen-bond acceptors (Lipinski definition) is 0. The second kappa shape index (κ2) is 3.24. The van der Waals surface area contributed by atoms with Gasteiger partial charge in [0.05, 0.1) is 0 Å². The SMILES string of the molecule is CC1=[C-]C(C)C=C1.[Pt]. The Morgan fingerprint density at radius 2 is 2.25 bits per heavy atom. The zero-order valence-corrected chi connectivity index (χ0v) is 7.32. The Kier molecular flexibility index (Phi) is 3.31. The first-order valence-electron chi connectivity index (χ1n) is 2.57. The molecule has 0 bridgehead atoms. The van der Waals surface area contributed by atoms with E-state index in [1.807, 2.05) is 0 Å². The first kappa shape index (κ1) is 8.17. The minimum absolute atomic E-state index is 0. The van der Waals surface area contributed by atoms with Crippen molar-refractivity contribution in [3.8, 4) is 0 Å². The molecule has 0 N–H and O–H groups in total. The first-order valence-corrected chi connectivity index (χ1v) is 2.57. The molecule has 1 unspecified atom stereocenters. The Balaban J connectivity index is 0.000000490. The molecule has 0 aromatic carbocycles. The minimum atomic E-state index is 0. The van der Waals surface area contributed by atoms with Crippen molar-refractivity contribution in [3.63, 3.8) is 0 Å². The summed E-state index contributed by atoms with van der Waals surface area (Å²) < 4.78 is 0. The smallest absolute Gasteiger partial charge is 0 e. The third-order valence-corrected chi connectivity index (χ3v) is 1.09. The maximum absolute atomic E-state index is 3.22. The Labute approximate surface area is 64.9 Å². The maximum Gasteiger partial charge on any atom is 0 e. The fraction of sp³-hybridized carbons (Fsp3) is 0.429. The summed E-state index contributed by atoms with van der Waals surface area (Å²) in [6.07, 6.45) is 7.47. The van der Waals surface area contributed by atoms with Gasteiger partial charge in [0.2, 0.25) is 0 Å². The molecule has 1 atom stereocenters. The quantitative estimate of drug-likeness (QED) is 0.598. The predicted octanol–water partition coefficient (Wildman–Crippen LogP) is 1.94. The summed E-state index contributed by atoms with van der Waals surface area (Å²) in [6.45, 7) is 4.20. The van der Waals surface area contributed by atoms with Crippen molar-refractivity contribution in [1.82, 2.24) is 0 Å². The van der Waals surface area contributed by atoms with Gasteiger partial charge in [-0.2, -0.15) is 6.08 Å². The topological polar surface area (TPSA) is 0 Å². The van der Waals surface area contributed by atoms with Crippen LogP contribution < -0.4 is 0 Å². The molecule has 0 fully saturated rings. The van der Waals surface area contributed by atoms with E-state index in [1.165, 1.54) is 5.57 Å². The standard InChI is InChI=1S/C7H9.Pt/c1-6-3-4-7(2)5-6;/h3-4,6H,1-2H3;/q-1;. The molecule has 0 saturated heterocycles. The van der Waals surface area contributed by atoms with E-state index in [1.54, 1.807) is 0 Å². The van der Waals surface area contributed by atoms with Gasteiger partial charge in [-0.15, -0.1) is 0 Å². The van der Waals surface area contributed by atoms with Crippen LogP contribution in [0.15, 0.2) is 17.7 Å². The molecule has 48 valence electrons. The van der Waals surface area contributed by atoms with E-state index >= 15 is 0 Å². The number of allylic oxidation sites excluding steroid dienone is 4.